The van der Waals surface area contributed by atoms with Gasteiger partial charge in [-0.3, -0.25) is 4.79 Å². The number of aromatic hydroxyl groups is 1. The molecule has 0 aromatic heterocycles. The molecule has 0 unspecified atom stereocenters. The summed E-state index contributed by atoms with van der Waals surface area (Å²) in [6.45, 7) is 5.79. The molecule has 0 heterocycles. The van der Waals surface area contributed by atoms with Crippen LogP contribution in [0.25, 0.3) is 0 Å². The molecule has 1 amide bonds. The maximum absolute atomic E-state index is 12.1. The number of para-hydroxylation sites is 1. The molecule has 2 aromatic rings. The molecule has 2 rings (SSSR count). The van der Waals surface area contributed by atoms with E-state index in [-0.39, 0.29) is 11.7 Å². The van der Waals surface area contributed by atoms with Gasteiger partial charge in [-0.05, 0) is 61.7 Å². The van der Waals surface area contributed by atoms with Crippen molar-refractivity contribution in [2.75, 3.05) is 5.32 Å². The summed E-state index contributed by atoms with van der Waals surface area (Å²) < 4.78 is 0. The second-order valence-corrected chi connectivity index (χ2v) is 5.46. The van der Waals surface area contributed by atoms with Gasteiger partial charge in [0.15, 0.2) is 0 Å². The van der Waals surface area contributed by atoms with E-state index in [1.807, 2.05) is 32.0 Å². The molecular formula is C18H21N3O2. The molecule has 5 nitrogen and oxygen atoms in total. The van der Waals surface area contributed by atoms with Crippen LogP contribution in [-0.2, 0) is 4.79 Å². The van der Waals surface area contributed by atoms with Crippen molar-refractivity contribution in [2.24, 2.45) is 5.10 Å². The van der Waals surface area contributed by atoms with Gasteiger partial charge in [0, 0.05) is 5.69 Å². The highest BCUT2D eigenvalue weighted by molar-refractivity contribution is 5.86. The van der Waals surface area contributed by atoms with Gasteiger partial charge >= 0.3 is 0 Å². The van der Waals surface area contributed by atoms with Crippen LogP contribution >= 0.6 is 0 Å². The zero-order chi connectivity index (χ0) is 16.8. The summed E-state index contributed by atoms with van der Waals surface area (Å²) in [5.41, 5.74) is 6.46. The molecule has 120 valence electrons. The van der Waals surface area contributed by atoms with E-state index in [0.29, 0.717) is 0 Å². The van der Waals surface area contributed by atoms with Crippen LogP contribution in [0.2, 0.25) is 0 Å². The maximum atomic E-state index is 12.1. The molecule has 0 aliphatic carbocycles. The van der Waals surface area contributed by atoms with Crippen molar-refractivity contribution < 1.29 is 9.90 Å². The summed E-state index contributed by atoms with van der Waals surface area (Å²) in [5.74, 6) is -0.0275. The van der Waals surface area contributed by atoms with Gasteiger partial charge in [0.1, 0.15) is 11.8 Å². The van der Waals surface area contributed by atoms with Gasteiger partial charge in [0.2, 0.25) is 0 Å². The number of aryl methyl sites for hydroxylation is 2. The molecule has 0 bridgehead atoms. The second kappa shape index (κ2) is 7.45. The van der Waals surface area contributed by atoms with Gasteiger partial charge in [-0.2, -0.15) is 5.10 Å². The average molecular weight is 311 g/mol. The summed E-state index contributed by atoms with van der Waals surface area (Å²) in [5, 5.41) is 16.4. The van der Waals surface area contributed by atoms with Crippen LogP contribution in [0.3, 0.4) is 0 Å². The van der Waals surface area contributed by atoms with E-state index in [4.69, 9.17) is 0 Å². The Hall–Kier alpha value is -2.82. The monoisotopic (exact) mass is 311 g/mol. The largest absolute Gasteiger partial charge is 0.508 e. The average Bonchev–Trinajstić information content (AvgIpc) is 2.52. The molecule has 0 spiro atoms. The van der Waals surface area contributed by atoms with Crippen molar-refractivity contribution in [1.29, 1.82) is 0 Å². The number of hydrazone groups is 1. The topological polar surface area (TPSA) is 73.7 Å². The number of carbonyl (C=O) groups is 1. The van der Waals surface area contributed by atoms with E-state index in [2.05, 4.69) is 15.8 Å². The summed E-state index contributed by atoms with van der Waals surface area (Å²) in [7, 11) is 0. The normalized spacial score (nSPS) is 12.1. The summed E-state index contributed by atoms with van der Waals surface area (Å²) in [6.07, 6.45) is 1.53. The van der Waals surface area contributed by atoms with Crippen molar-refractivity contribution >= 4 is 17.8 Å². The van der Waals surface area contributed by atoms with Crippen molar-refractivity contribution in [1.82, 2.24) is 5.43 Å². The number of phenols is 1. The zero-order valence-corrected chi connectivity index (χ0v) is 13.5. The molecule has 0 fully saturated rings. The Morgan fingerprint density at radius 1 is 1.13 bits per heavy atom. The van der Waals surface area contributed by atoms with E-state index < -0.39 is 6.04 Å². The molecule has 0 aliphatic rings. The third kappa shape index (κ3) is 4.57. The molecular weight excluding hydrogens is 290 g/mol. The lowest BCUT2D eigenvalue weighted by Crippen LogP contribution is -2.35. The van der Waals surface area contributed by atoms with Crippen LogP contribution in [0.15, 0.2) is 47.6 Å². The minimum absolute atomic E-state index is 0.192. The quantitative estimate of drug-likeness (QED) is 0.587. The fraction of sp³-hybridized carbons (Fsp3) is 0.222. The van der Waals surface area contributed by atoms with E-state index in [9.17, 15) is 9.90 Å². The first-order chi connectivity index (χ1) is 11.0. The van der Waals surface area contributed by atoms with Gasteiger partial charge < -0.3 is 10.4 Å². The SMILES string of the molecule is Cc1cccc(C)c1N[C@@H](C)C(=O)N/N=C/c1ccc(O)cc1. The van der Waals surface area contributed by atoms with Crippen molar-refractivity contribution in [3.63, 3.8) is 0 Å². The summed E-state index contributed by atoms with van der Waals surface area (Å²) in [4.78, 5) is 12.1. The number of hydrogen-bond acceptors (Lipinski definition) is 4. The molecule has 0 saturated carbocycles. The second-order valence-electron chi connectivity index (χ2n) is 5.46. The summed E-state index contributed by atoms with van der Waals surface area (Å²) >= 11 is 0. The number of rotatable bonds is 5. The number of amides is 1. The first kappa shape index (κ1) is 16.5. The third-order valence-corrected chi connectivity index (χ3v) is 3.52. The third-order valence-electron chi connectivity index (χ3n) is 3.52. The van der Waals surface area contributed by atoms with Crippen LogP contribution in [0.5, 0.6) is 5.75 Å². The lowest BCUT2D eigenvalue weighted by molar-refractivity contribution is -0.121. The van der Waals surface area contributed by atoms with Crippen LogP contribution in [0.4, 0.5) is 5.69 Å². The molecule has 2 aromatic carbocycles. The molecule has 0 radical (unpaired) electrons. The van der Waals surface area contributed by atoms with Gasteiger partial charge in [-0.25, -0.2) is 5.43 Å². The molecule has 0 aliphatic heterocycles. The molecule has 1 atom stereocenters. The number of carbonyl (C=O) groups excluding carboxylic acids is 1. The fourth-order valence-corrected chi connectivity index (χ4v) is 2.15. The van der Waals surface area contributed by atoms with Crippen molar-refractivity contribution in [3.8, 4) is 5.75 Å². The summed E-state index contributed by atoms with van der Waals surface area (Å²) in [6, 6.07) is 12.1. The van der Waals surface area contributed by atoms with Crippen LogP contribution in [0.1, 0.15) is 23.6 Å². The predicted molar refractivity (Wildman–Crippen MR) is 92.8 cm³/mol. The Morgan fingerprint density at radius 2 is 1.74 bits per heavy atom. The number of hydrogen-bond donors (Lipinski definition) is 3. The fourth-order valence-electron chi connectivity index (χ4n) is 2.15. The number of nitrogens with zero attached hydrogens (tertiary/aromatic N) is 1. The van der Waals surface area contributed by atoms with E-state index >= 15 is 0 Å². The van der Waals surface area contributed by atoms with Gasteiger partial charge in [0.05, 0.1) is 6.21 Å². The Balaban J connectivity index is 1.94. The lowest BCUT2D eigenvalue weighted by Gasteiger charge is -2.17. The minimum atomic E-state index is -0.410. The van der Waals surface area contributed by atoms with Gasteiger partial charge in [0.25, 0.3) is 5.91 Å². The molecule has 0 saturated heterocycles. The maximum Gasteiger partial charge on any atom is 0.262 e. The Morgan fingerprint density at radius 3 is 2.35 bits per heavy atom. The zero-order valence-electron chi connectivity index (χ0n) is 13.5. The minimum Gasteiger partial charge on any atom is -0.508 e. The van der Waals surface area contributed by atoms with Crippen LogP contribution < -0.4 is 10.7 Å². The molecule has 3 N–H and O–H groups in total. The number of nitrogens with one attached hydrogen (secondary N) is 2. The van der Waals surface area contributed by atoms with Gasteiger partial charge in [-0.15, -0.1) is 0 Å². The standard InChI is InChI=1S/C18H21N3O2/c1-12-5-4-6-13(2)17(12)20-14(3)18(23)21-19-11-15-7-9-16(22)10-8-15/h4-11,14,20,22H,1-3H3,(H,21,23)/b19-11+/t14-/m0/s1. The van der Waals surface area contributed by atoms with Crippen LogP contribution in [0, 0.1) is 13.8 Å². The Kier molecular flexibility index (Phi) is 5.36. The van der Waals surface area contributed by atoms with Gasteiger partial charge in [-0.1, -0.05) is 18.2 Å². The Labute approximate surface area is 136 Å². The highest BCUT2D eigenvalue weighted by atomic mass is 16.3. The first-order valence-electron chi connectivity index (χ1n) is 7.42. The number of phenolic OH excluding ortho intramolecular Hbond substituents is 1. The van der Waals surface area contributed by atoms with Crippen LogP contribution in [-0.4, -0.2) is 23.3 Å². The van der Waals surface area contributed by atoms with Crippen molar-refractivity contribution in [3.05, 3.63) is 59.2 Å². The van der Waals surface area contributed by atoms with E-state index in [1.54, 1.807) is 31.2 Å². The number of anilines is 1. The lowest BCUT2D eigenvalue weighted by atomic mass is 10.1. The van der Waals surface area contributed by atoms with E-state index in [0.717, 1.165) is 22.4 Å². The molecule has 23 heavy (non-hydrogen) atoms. The predicted octanol–water partition coefficient (Wildman–Crippen LogP) is 2.96. The smallest absolute Gasteiger partial charge is 0.262 e. The molecule has 5 heteroatoms. The highest BCUT2D eigenvalue weighted by Crippen LogP contribution is 2.20. The highest BCUT2D eigenvalue weighted by Gasteiger charge is 2.13. The van der Waals surface area contributed by atoms with Crippen molar-refractivity contribution in [2.45, 2.75) is 26.8 Å². The first-order valence-corrected chi connectivity index (χ1v) is 7.42. The number of benzene rings is 2. The van der Waals surface area contributed by atoms with E-state index in [1.165, 1.54) is 6.21 Å². The Bertz CT molecular complexity index is 688.